The number of aryl methyl sites for hydroxylation is 1. The average Bonchev–Trinajstić information content (AvgIpc) is 2.98. The quantitative estimate of drug-likeness (QED) is 0.853. The minimum Gasteiger partial charge on any atom is -0.340 e. The first-order valence-electron chi connectivity index (χ1n) is 9.31. The lowest BCUT2D eigenvalue weighted by molar-refractivity contribution is -0.131. The predicted octanol–water partition coefficient (Wildman–Crippen LogP) is 1.91. The predicted molar refractivity (Wildman–Crippen MR) is 90.9 cm³/mol. The van der Waals surface area contributed by atoms with E-state index >= 15 is 0 Å². The van der Waals surface area contributed by atoms with Gasteiger partial charge in [-0.3, -0.25) is 9.48 Å². The zero-order valence-corrected chi connectivity index (χ0v) is 14.6. The number of rotatable bonds is 4. The monoisotopic (exact) mass is 340 g/mol. The van der Waals surface area contributed by atoms with Gasteiger partial charge in [-0.05, 0) is 43.6 Å². The van der Waals surface area contributed by atoms with Crippen LogP contribution in [0.5, 0.6) is 0 Å². The highest BCUT2D eigenvalue weighted by Crippen LogP contribution is 2.56. The molecule has 2 aliphatic carbocycles. The maximum Gasteiger partial charge on any atom is 0.244 e. The second-order valence-corrected chi connectivity index (χ2v) is 8.09. The van der Waals surface area contributed by atoms with Crippen LogP contribution in [0.25, 0.3) is 0 Å². The lowest BCUT2D eigenvalue weighted by atomic mass is 9.62. The summed E-state index contributed by atoms with van der Waals surface area (Å²) in [7, 11) is 0. The lowest BCUT2D eigenvalue weighted by Gasteiger charge is -2.42. The molecule has 1 spiro atoms. The zero-order valence-electron chi connectivity index (χ0n) is 14.6. The molecule has 3 fully saturated rings. The van der Waals surface area contributed by atoms with Crippen molar-refractivity contribution in [2.75, 3.05) is 13.1 Å². The van der Waals surface area contributed by atoms with Gasteiger partial charge in [0.15, 0.2) is 0 Å². The van der Waals surface area contributed by atoms with Gasteiger partial charge < -0.3 is 9.47 Å². The smallest absolute Gasteiger partial charge is 0.244 e. The zero-order chi connectivity index (χ0) is 17.0. The standard InChI is InChI=1S/C18H24N6O/c1-13-7-20-23(8-13)10-16(25)22-9-15(18(11-22)5-2-6-18)17-21-19-12-24(17)14-3-4-14/h7-8,12,14-15H,2-6,9-11H2,1H3. The Morgan fingerprint density at radius 2 is 2.20 bits per heavy atom. The molecule has 2 aromatic rings. The summed E-state index contributed by atoms with van der Waals surface area (Å²) in [5, 5.41) is 12.9. The van der Waals surface area contributed by atoms with E-state index in [2.05, 4.69) is 19.9 Å². The molecule has 1 unspecified atom stereocenters. The van der Waals surface area contributed by atoms with Crippen molar-refractivity contribution in [3.05, 3.63) is 30.1 Å². The maximum atomic E-state index is 12.8. The Labute approximate surface area is 147 Å². The third-order valence-electron chi connectivity index (χ3n) is 6.26. The SMILES string of the molecule is Cc1cnn(CC(=O)N2CC(c3nncn3C3CC3)C3(CCC3)C2)c1. The number of hydrogen-bond acceptors (Lipinski definition) is 4. The largest absolute Gasteiger partial charge is 0.340 e. The Balaban J connectivity index is 1.37. The van der Waals surface area contributed by atoms with E-state index in [9.17, 15) is 4.79 Å². The Kier molecular flexibility index (Phi) is 3.27. The van der Waals surface area contributed by atoms with E-state index in [0.29, 0.717) is 18.5 Å². The Hall–Kier alpha value is -2.18. The molecule has 0 radical (unpaired) electrons. The van der Waals surface area contributed by atoms with Gasteiger partial charge in [0.2, 0.25) is 5.91 Å². The molecule has 0 aromatic carbocycles. The molecule has 132 valence electrons. The van der Waals surface area contributed by atoms with Gasteiger partial charge in [0.05, 0.1) is 6.20 Å². The number of aromatic nitrogens is 5. The van der Waals surface area contributed by atoms with E-state index in [1.165, 1.54) is 32.1 Å². The molecule has 2 saturated carbocycles. The number of carbonyl (C=O) groups is 1. The molecule has 1 amide bonds. The van der Waals surface area contributed by atoms with E-state index in [4.69, 9.17) is 0 Å². The Bertz CT molecular complexity index is 800. The van der Waals surface area contributed by atoms with Gasteiger partial charge in [-0.25, -0.2) is 0 Å². The molecular formula is C18H24N6O. The summed E-state index contributed by atoms with van der Waals surface area (Å²) in [4.78, 5) is 14.9. The fraction of sp³-hybridized carbons (Fsp3) is 0.667. The summed E-state index contributed by atoms with van der Waals surface area (Å²) in [6.07, 6.45) is 11.7. The molecule has 1 saturated heterocycles. The third kappa shape index (κ3) is 2.48. The van der Waals surface area contributed by atoms with E-state index in [0.717, 1.165) is 24.5 Å². The summed E-state index contributed by atoms with van der Waals surface area (Å²) in [5.74, 6) is 1.59. The summed E-state index contributed by atoms with van der Waals surface area (Å²) in [5.41, 5.74) is 1.30. The van der Waals surface area contributed by atoms with Crippen LogP contribution in [-0.4, -0.2) is 48.4 Å². The first kappa shape index (κ1) is 15.1. The second kappa shape index (κ2) is 5.41. The molecule has 5 rings (SSSR count). The van der Waals surface area contributed by atoms with Gasteiger partial charge in [-0.15, -0.1) is 10.2 Å². The Morgan fingerprint density at radius 3 is 2.84 bits per heavy atom. The number of hydrogen-bond donors (Lipinski definition) is 0. The Morgan fingerprint density at radius 1 is 1.36 bits per heavy atom. The summed E-state index contributed by atoms with van der Waals surface area (Å²) in [6, 6.07) is 0.582. The van der Waals surface area contributed by atoms with Crippen molar-refractivity contribution in [3.8, 4) is 0 Å². The second-order valence-electron chi connectivity index (χ2n) is 8.09. The molecule has 1 aliphatic heterocycles. The fourth-order valence-corrected chi connectivity index (χ4v) is 4.58. The molecule has 0 bridgehead atoms. The molecule has 2 aromatic heterocycles. The lowest BCUT2D eigenvalue weighted by Crippen LogP contribution is -2.39. The number of nitrogens with zero attached hydrogens (tertiary/aromatic N) is 6. The fourth-order valence-electron chi connectivity index (χ4n) is 4.58. The van der Waals surface area contributed by atoms with E-state index in [-0.39, 0.29) is 11.3 Å². The van der Waals surface area contributed by atoms with Gasteiger partial charge in [0.1, 0.15) is 18.7 Å². The van der Waals surface area contributed by atoms with E-state index < -0.39 is 0 Å². The molecule has 1 atom stereocenters. The first-order valence-corrected chi connectivity index (χ1v) is 9.31. The van der Waals surface area contributed by atoms with Crippen molar-refractivity contribution in [1.29, 1.82) is 0 Å². The van der Waals surface area contributed by atoms with Gasteiger partial charge in [-0.2, -0.15) is 5.10 Å². The molecular weight excluding hydrogens is 316 g/mol. The minimum absolute atomic E-state index is 0.161. The van der Waals surface area contributed by atoms with Crippen LogP contribution < -0.4 is 0 Å². The molecule has 3 heterocycles. The minimum atomic E-state index is 0.161. The summed E-state index contributed by atoms with van der Waals surface area (Å²) in [6.45, 7) is 3.94. The van der Waals surface area contributed by atoms with Crippen LogP contribution in [0.15, 0.2) is 18.7 Å². The van der Waals surface area contributed by atoms with Crippen LogP contribution >= 0.6 is 0 Å². The normalized spacial score (nSPS) is 24.7. The van der Waals surface area contributed by atoms with Crippen LogP contribution in [-0.2, 0) is 11.3 Å². The average molecular weight is 340 g/mol. The first-order chi connectivity index (χ1) is 12.1. The maximum absolute atomic E-state index is 12.8. The highest BCUT2D eigenvalue weighted by Gasteiger charge is 2.54. The highest BCUT2D eigenvalue weighted by atomic mass is 16.2. The van der Waals surface area contributed by atoms with Crippen LogP contribution in [0.3, 0.4) is 0 Å². The molecule has 7 heteroatoms. The van der Waals surface area contributed by atoms with Crippen LogP contribution in [0, 0.1) is 12.3 Å². The van der Waals surface area contributed by atoms with Crippen molar-refractivity contribution < 1.29 is 4.79 Å². The van der Waals surface area contributed by atoms with E-state index in [1.54, 1.807) is 10.9 Å². The molecule has 3 aliphatic rings. The van der Waals surface area contributed by atoms with Crippen molar-refractivity contribution in [3.63, 3.8) is 0 Å². The van der Waals surface area contributed by atoms with Crippen molar-refractivity contribution >= 4 is 5.91 Å². The van der Waals surface area contributed by atoms with Crippen molar-refractivity contribution in [2.24, 2.45) is 5.41 Å². The molecule has 25 heavy (non-hydrogen) atoms. The topological polar surface area (TPSA) is 68.8 Å². The van der Waals surface area contributed by atoms with Gasteiger partial charge in [0.25, 0.3) is 0 Å². The van der Waals surface area contributed by atoms with Crippen molar-refractivity contribution in [2.45, 2.75) is 57.5 Å². The van der Waals surface area contributed by atoms with Gasteiger partial charge in [-0.1, -0.05) is 6.42 Å². The highest BCUT2D eigenvalue weighted by molar-refractivity contribution is 5.76. The molecule has 0 N–H and O–H groups in total. The van der Waals surface area contributed by atoms with Gasteiger partial charge >= 0.3 is 0 Å². The van der Waals surface area contributed by atoms with Crippen LogP contribution in [0.1, 0.15) is 55.5 Å². The van der Waals surface area contributed by atoms with E-state index in [1.807, 2.05) is 24.3 Å². The summed E-state index contributed by atoms with van der Waals surface area (Å²) >= 11 is 0. The number of likely N-dealkylation sites (tertiary alicyclic amines) is 1. The van der Waals surface area contributed by atoms with Gasteiger partial charge in [0, 0.05) is 31.2 Å². The summed E-state index contributed by atoms with van der Waals surface area (Å²) < 4.78 is 4.01. The van der Waals surface area contributed by atoms with Crippen LogP contribution in [0.2, 0.25) is 0 Å². The molecule has 7 nitrogen and oxygen atoms in total. The van der Waals surface area contributed by atoms with Crippen molar-refractivity contribution in [1.82, 2.24) is 29.4 Å². The third-order valence-corrected chi connectivity index (χ3v) is 6.26. The van der Waals surface area contributed by atoms with Crippen LogP contribution in [0.4, 0.5) is 0 Å². The number of amides is 1. The number of carbonyl (C=O) groups excluding carboxylic acids is 1.